The van der Waals surface area contributed by atoms with Gasteiger partial charge in [0, 0.05) is 25.7 Å². The Balaban J connectivity index is 1.20. The van der Waals surface area contributed by atoms with Gasteiger partial charge in [0.05, 0.1) is 11.4 Å². The van der Waals surface area contributed by atoms with Gasteiger partial charge in [-0.1, -0.05) is 12.1 Å². The zero-order chi connectivity index (χ0) is 20.0. The maximum absolute atomic E-state index is 13.3. The van der Waals surface area contributed by atoms with E-state index in [9.17, 15) is 8.60 Å². The van der Waals surface area contributed by atoms with Crippen molar-refractivity contribution in [2.45, 2.75) is 31.7 Å². The van der Waals surface area contributed by atoms with Gasteiger partial charge >= 0.3 is 0 Å². The Bertz CT molecular complexity index is 1060. The Hall–Kier alpha value is -2.61. The molecule has 2 heterocycles. The van der Waals surface area contributed by atoms with Gasteiger partial charge in [-0.15, -0.1) is 0 Å². The van der Waals surface area contributed by atoms with Crippen LogP contribution in [0.2, 0.25) is 0 Å². The average Bonchev–Trinajstić information content (AvgIpc) is 3.23. The summed E-state index contributed by atoms with van der Waals surface area (Å²) >= 11 is -1.16. The fourth-order valence-electron chi connectivity index (χ4n) is 4.28. The largest absolute Gasteiger partial charge is 0.423 e. The Morgan fingerprint density at radius 2 is 1.93 bits per heavy atom. The van der Waals surface area contributed by atoms with E-state index in [-0.39, 0.29) is 11.9 Å². The molecule has 1 saturated carbocycles. The van der Waals surface area contributed by atoms with E-state index >= 15 is 0 Å². The van der Waals surface area contributed by atoms with Gasteiger partial charge < -0.3 is 9.73 Å². The van der Waals surface area contributed by atoms with Gasteiger partial charge in [0.1, 0.15) is 11.3 Å². The summed E-state index contributed by atoms with van der Waals surface area (Å²) in [6.45, 7) is 0.794. The smallest absolute Gasteiger partial charge is 0.295 e. The summed E-state index contributed by atoms with van der Waals surface area (Å²) in [5, 5.41) is 3.35. The minimum Gasteiger partial charge on any atom is -0.423 e. The predicted octanol–water partition coefficient (Wildman–Crippen LogP) is 4.47. The number of benzene rings is 2. The van der Waals surface area contributed by atoms with E-state index in [1.54, 1.807) is 6.07 Å². The minimum atomic E-state index is -1.16. The van der Waals surface area contributed by atoms with Crippen molar-refractivity contribution in [3.05, 3.63) is 48.3 Å². The van der Waals surface area contributed by atoms with E-state index in [0.717, 1.165) is 43.6 Å². The fraction of sp³-hybridized carbons (Fsp3) is 0.381. The maximum Gasteiger partial charge on any atom is 0.295 e. The molecule has 1 N–H and O–H groups in total. The second-order valence-electron chi connectivity index (χ2n) is 7.77. The molecule has 0 saturated heterocycles. The third kappa shape index (κ3) is 3.46. The number of hydrogen-bond donors (Lipinski definition) is 1. The van der Waals surface area contributed by atoms with Gasteiger partial charge in [-0.3, -0.25) is 8.61 Å². The second kappa shape index (κ2) is 7.33. The molecule has 3 aromatic rings. The molecule has 2 aromatic carbocycles. The average molecular weight is 415 g/mol. The highest BCUT2D eigenvalue weighted by molar-refractivity contribution is 7.88. The molecule has 1 aliphatic heterocycles. The summed E-state index contributed by atoms with van der Waals surface area (Å²) in [5.74, 6) is 0.168. The van der Waals surface area contributed by atoms with Crippen molar-refractivity contribution >= 4 is 39.7 Å². The molecule has 8 heteroatoms. The fourth-order valence-corrected chi connectivity index (χ4v) is 5.56. The zero-order valence-electron chi connectivity index (χ0n) is 16.2. The van der Waals surface area contributed by atoms with Crippen LogP contribution in [0.25, 0.3) is 11.1 Å². The maximum atomic E-state index is 13.3. The number of para-hydroxylation sites is 2. The molecule has 6 nitrogen and oxygen atoms in total. The van der Waals surface area contributed by atoms with Crippen molar-refractivity contribution in [1.29, 1.82) is 0 Å². The van der Waals surface area contributed by atoms with Crippen molar-refractivity contribution in [1.82, 2.24) is 4.98 Å². The molecular formula is C21H23FN4O2S. The minimum absolute atomic E-state index is 0.281. The highest BCUT2D eigenvalue weighted by Crippen LogP contribution is 2.39. The predicted molar refractivity (Wildman–Crippen MR) is 114 cm³/mol. The lowest BCUT2D eigenvalue weighted by molar-refractivity contribution is 0.343. The van der Waals surface area contributed by atoms with E-state index in [4.69, 9.17) is 4.42 Å². The quantitative estimate of drug-likeness (QED) is 0.684. The summed E-state index contributed by atoms with van der Waals surface area (Å²) in [4.78, 5) is 4.40. The molecule has 0 spiro atoms. The van der Waals surface area contributed by atoms with Crippen molar-refractivity contribution in [3.8, 4) is 0 Å². The summed E-state index contributed by atoms with van der Waals surface area (Å²) in [6, 6.07) is 13.1. The van der Waals surface area contributed by atoms with Crippen LogP contribution in [0.3, 0.4) is 0 Å². The number of aromatic nitrogens is 1. The van der Waals surface area contributed by atoms with E-state index in [2.05, 4.69) is 10.3 Å². The highest BCUT2D eigenvalue weighted by Gasteiger charge is 2.33. The summed E-state index contributed by atoms with van der Waals surface area (Å²) in [7, 11) is 1.88. The van der Waals surface area contributed by atoms with Crippen LogP contribution in [0.5, 0.6) is 0 Å². The first-order chi connectivity index (χ1) is 14.1. The number of nitrogens with one attached hydrogen (secondary N) is 1. The van der Waals surface area contributed by atoms with Crippen LogP contribution in [-0.4, -0.2) is 28.8 Å². The second-order valence-corrected chi connectivity index (χ2v) is 9.22. The van der Waals surface area contributed by atoms with Gasteiger partial charge in [-0.05, 0) is 55.9 Å². The SMILES string of the molecule is CN1c2ccccc2N(CC2CCC(Nc3nc4ccc(F)cc4o3)CC2)S1=O. The highest BCUT2D eigenvalue weighted by atomic mass is 32.2. The Morgan fingerprint density at radius 3 is 2.72 bits per heavy atom. The molecule has 0 amide bonds. The molecular weight excluding hydrogens is 391 g/mol. The molecule has 1 aromatic heterocycles. The molecule has 1 unspecified atom stereocenters. The van der Waals surface area contributed by atoms with E-state index in [1.165, 1.54) is 12.1 Å². The van der Waals surface area contributed by atoms with Crippen LogP contribution in [0, 0.1) is 11.7 Å². The number of anilines is 3. The van der Waals surface area contributed by atoms with Crippen molar-refractivity contribution in [3.63, 3.8) is 0 Å². The molecule has 2 aliphatic rings. The van der Waals surface area contributed by atoms with Crippen molar-refractivity contribution in [2.24, 2.45) is 5.92 Å². The van der Waals surface area contributed by atoms with Gasteiger partial charge in [-0.2, -0.15) is 4.98 Å². The van der Waals surface area contributed by atoms with Gasteiger partial charge in [-0.25, -0.2) is 8.60 Å². The summed E-state index contributed by atoms with van der Waals surface area (Å²) < 4.78 is 35.6. The van der Waals surface area contributed by atoms with E-state index < -0.39 is 11.2 Å². The monoisotopic (exact) mass is 414 g/mol. The molecule has 0 bridgehead atoms. The molecule has 1 atom stereocenters. The zero-order valence-corrected chi connectivity index (χ0v) is 17.0. The molecule has 1 fully saturated rings. The lowest BCUT2D eigenvalue weighted by Gasteiger charge is -2.31. The first-order valence-corrected chi connectivity index (χ1v) is 11.0. The van der Waals surface area contributed by atoms with Crippen LogP contribution in [0.1, 0.15) is 25.7 Å². The number of oxazole rings is 1. The molecule has 29 heavy (non-hydrogen) atoms. The molecule has 1 aliphatic carbocycles. The first kappa shape index (κ1) is 18.4. The number of nitrogens with zero attached hydrogens (tertiary/aromatic N) is 3. The topological polar surface area (TPSA) is 61.6 Å². The molecule has 0 radical (unpaired) electrons. The number of halogens is 1. The van der Waals surface area contributed by atoms with Gasteiger partial charge in [0.25, 0.3) is 6.01 Å². The number of rotatable bonds is 4. The normalized spacial score (nSPS) is 24.1. The van der Waals surface area contributed by atoms with Gasteiger partial charge in [0.2, 0.25) is 11.2 Å². The lowest BCUT2D eigenvalue weighted by atomic mass is 9.86. The van der Waals surface area contributed by atoms with Crippen LogP contribution < -0.4 is 13.9 Å². The third-order valence-corrected chi connectivity index (χ3v) is 7.25. The first-order valence-electron chi connectivity index (χ1n) is 9.93. The van der Waals surface area contributed by atoms with Crippen LogP contribution in [0.4, 0.5) is 21.8 Å². The summed E-state index contributed by atoms with van der Waals surface area (Å²) in [6.07, 6.45) is 4.09. The van der Waals surface area contributed by atoms with Crippen LogP contribution in [0.15, 0.2) is 46.9 Å². The number of fused-ring (bicyclic) bond motifs is 2. The molecule has 5 rings (SSSR count). The third-order valence-electron chi connectivity index (χ3n) is 5.86. The standard InChI is InChI=1S/C21H23FN4O2S/c1-25-18-4-2-3-5-19(18)26(29(25)27)13-14-6-9-16(10-7-14)23-21-24-17-11-8-15(22)12-20(17)28-21/h2-5,8,11-12,14,16H,6-7,9-10,13H2,1H3,(H,23,24). The Kier molecular flexibility index (Phi) is 4.66. The Morgan fingerprint density at radius 1 is 1.17 bits per heavy atom. The van der Waals surface area contributed by atoms with Crippen LogP contribution >= 0.6 is 0 Å². The lowest BCUT2D eigenvalue weighted by Crippen LogP contribution is -2.36. The van der Waals surface area contributed by atoms with E-state index in [0.29, 0.717) is 23.0 Å². The van der Waals surface area contributed by atoms with Crippen molar-refractivity contribution < 1.29 is 13.0 Å². The molecule has 152 valence electrons. The van der Waals surface area contributed by atoms with Gasteiger partial charge in [0.15, 0.2) is 5.58 Å². The summed E-state index contributed by atoms with van der Waals surface area (Å²) in [5.41, 5.74) is 3.18. The Labute approximate surface area is 171 Å². The number of hydrogen-bond acceptors (Lipinski definition) is 4. The van der Waals surface area contributed by atoms with E-state index in [1.807, 2.05) is 39.9 Å². The van der Waals surface area contributed by atoms with Crippen LogP contribution in [-0.2, 0) is 11.2 Å². The van der Waals surface area contributed by atoms with Crippen molar-refractivity contribution in [2.75, 3.05) is 27.5 Å².